The summed E-state index contributed by atoms with van der Waals surface area (Å²) in [4.78, 5) is 17.8. The van der Waals surface area contributed by atoms with Crippen LogP contribution in [-0.2, 0) is 14.8 Å². The van der Waals surface area contributed by atoms with Gasteiger partial charge in [-0.3, -0.25) is 9.78 Å². The fourth-order valence-electron chi connectivity index (χ4n) is 3.13. The van der Waals surface area contributed by atoms with Crippen LogP contribution in [0, 0.1) is 0 Å². The van der Waals surface area contributed by atoms with Crippen LogP contribution in [0.1, 0.15) is 12.8 Å². The van der Waals surface area contributed by atoms with Crippen LogP contribution in [0.2, 0.25) is 5.02 Å². The second-order valence-electron chi connectivity index (χ2n) is 6.39. The topological polar surface area (TPSA) is 70.6 Å². The number of aromatic nitrogens is 1. The van der Waals surface area contributed by atoms with E-state index in [0.29, 0.717) is 19.4 Å². The molecule has 2 aromatic rings. The minimum absolute atomic E-state index is 0.0235. The average Bonchev–Trinajstić information content (AvgIpc) is 3.12. The highest BCUT2D eigenvalue weighted by molar-refractivity contribution is 7.89. The lowest BCUT2D eigenvalue weighted by Gasteiger charge is -2.26. The van der Waals surface area contributed by atoms with Crippen molar-refractivity contribution in [2.75, 3.05) is 20.6 Å². The standard InChI is InChI=1S/C18H20ClN3O3S/c1-21(2)18(23)16-4-3-11-22(16)26(24,25)17-6-5-14(12-15(17)19)13-7-9-20-10-8-13/h5-10,12,16H,3-4,11H2,1-2H3/t16-/m0/s1. The molecule has 8 heteroatoms. The first-order valence-electron chi connectivity index (χ1n) is 8.25. The SMILES string of the molecule is CN(C)C(=O)[C@@H]1CCCN1S(=O)(=O)c1ccc(-c2ccncc2)cc1Cl. The Labute approximate surface area is 158 Å². The van der Waals surface area contributed by atoms with Crippen LogP contribution in [0.5, 0.6) is 0 Å². The lowest BCUT2D eigenvalue weighted by molar-refractivity contribution is -0.132. The monoisotopic (exact) mass is 393 g/mol. The third-order valence-corrected chi connectivity index (χ3v) is 6.85. The summed E-state index contributed by atoms with van der Waals surface area (Å²) in [6.45, 7) is 0.314. The fourth-order valence-corrected chi connectivity index (χ4v) is 5.30. The van der Waals surface area contributed by atoms with E-state index >= 15 is 0 Å². The van der Waals surface area contributed by atoms with E-state index in [0.717, 1.165) is 11.1 Å². The highest BCUT2D eigenvalue weighted by Crippen LogP contribution is 2.33. The van der Waals surface area contributed by atoms with Crippen LogP contribution in [0.25, 0.3) is 11.1 Å². The van der Waals surface area contributed by atoms with Gasteiger partial charge in [-0.2, -0.15) is 4.31 Å². The maximum Gasteiger partial charge on any atom is 0.245 e. The van der Waals surface area contributed by atoms with Crippen LogP contribution in [-0.4, -0.2) is 55.2 Å². The smallest absolute Gasteiger partial charge is 0.245 e. The quantitative estimate of drug-likeness (QED) is 0.800. The molecule has 26 heavy (non-hydrogen) atoms. The maximum absolute atomic E-state index is 13.1. The first-order valence-corrected chi connectivity index (χ1v) is 10.1. The Balaban J connectivity index is 1.96. The van der Waals surface area contributed by atoms with Crippen LogP contribution in [0.3, 0.4) is 0 Å². The van der Waals surface area contributed by atoms with Crippen molar-refractivity contribution in [3.05, 3.63) is 47.7 Å². The molecule has 0 N–H and O–H groups in total. The minimum atomic E-state index is -3.85. The van der Waals surface area contributed by atoms with Crippen LogP contribution >= 0.6 is 11.6 Å². The summed E-state index contributed by atoms with van der Waals surface area (Å²) in [7, 11) is -0.601. The molecule has 1 aromatic heterocycles. The Kier molecular flexibility index (Phi) is 5.32. The molecule has 3 rings (SSSR count). The molecule has 0 saturated carbocycles. The molecule has 0 unspecified atom stereocenters. The summed E-state index contributed by atoms with van der Waals surface area (Å²) in [5.41, 5.74) is 1.70. The molecule has 1 fully saturated rings. The van der Waals surface area contributed by atoms with E-state index in [1.807, 2.05) is 12.1 Å². The van der Waals surface area contributed by atoms with E-state index < -0.39 is 16.1 Å². The van der Waals surface area contributed by atoms with E-state index in [9.17, 15) is 13.2 Å². The van der Waals surface area contributed by atoms with Crippen molar-refractivity contribution in [2.45, 2.75) is 23.8 Å². The number of benzene rings is 1. The summed E-state index contributed by atoms with van der Waals surface area (Å²) in [5, 5.41) is 0.141. The summed E-state index contributed by atoms with van der Waals surface area (Å²) in [6, 6.07) is 7.82. The minimum Gasteiger partial charge on any atom is -0.347 e. The van der Waals surface area contributed by atoms with E-state index in [1.54, 1.807) is 38.6 Å². The van der Waals surface area contributed by atoms with Crippen molar-refractivity contribution in [2.24, 2.45) is 0 Å². The number of hydrogen-bond acceptors (Lipinski definition) is 4. The largest absolute Gasteiger partial charge is 0.347 e. The lowest BCUT2D eigenvalue weighted by Crippen LogP contribution is -2.45. The van der Waals surface area contributed by atoms with Gasteiger partial charge in [-0.25, -0.2) is 8.42 Å². The normalized spacial score (nSPS) is 18.0. The third-order valence-electron chi connectivity index (χ3n) is 4.46. The molecular formula is C18H20ClN3O3S. The van der Waals surface area contributed by atoms with Gasteiger partial charge in [0.05, 0.1) is 5.02 Å². The lowest BCUT2D eigenvalue weighted by atomic mass is 10.1. The molecule has 1 amide bonds. The van der Waals surface area contributed by atoms with E-state index in [1.165, 1.54) is 15.3 Å². The first-order chi connectivity index (χ1) is 12.3. The number of pyridine rings is 1. The van der Waals surface area contributed by atoms with Crippen molar-refractivity contribution >= 4 is 27.5 Å². The Bertz CT molecular complexity index is 917. The van der Waals surface area contributed by atoms with Crippen LogP contribution < -0.4 is 0 Å². The second kappa shape index (κ2) is 7.34. The van der Waals surface area contributed by atoms with Crippen LogP contribution in [0.4, 0.5) is 0 Å². The van der Waals surface area contributed by atoms with E-state index in [2.05, 4.69) is 4.98 Å². The summed E-state index contributed by atoms with van der Waals surface area (Å²) in [6.07, 6.45) is 4.49. The zero-order chi connectivity index (χ0) is 18.9. The molecule has 1 aliphatic rings. The maximum atomic E-state index is 13.1. The molecule has 0 bridgehead atoms. The molecule has 0 aliphatic carbocycles. The molecule has 1 saturated heterocycles. The molecule has 1 aromatic carbocycles. The molecule has 2 heterocycles. The Morgan fingerprint density at radius 3 is 2.50 bits per heavy atom. The summed E-state index contributed by atoms with van der Waals surface area (Å²) < 4.78 is 27.5. The molecule has 0 radical (unpaired) electrons. The molecular weight excluding hydrogens is 374 g/mol. The summed E-state index contributed by atoms with van der Waals surface area (Å²) in [5.74, 6) is -0.212. The Morgan fingerprint density at radius 2 is 1.88 bits per heavy atom. The van der Waals surface area contributed by atoms with Crippen molar-refractivity contribution in [3.8, 4) is 11.1 Å². The molecule has 1 aliphatic heterocycles. The number of rotatable bonds is 4. The van der Waals surface area contributed by atoms with Crippen LogP contribution in [0.15, 0.2) is 47.6 Å². The predicted octanol–water partition coefficient (Wildman–Crippen LogP) is 2.64. The van der Waals surface area contributed by atoms with Gasteiger partial charge in [-0.05, 0) is 48.2 Å². The number of carbonyl (C=O) groups excluding carboxylic acids is 1. The highest BCUT2D eigenvalue weighted by Gasteiger charge is 2.40. The number of hydrogen-bond donors (Lipinski definition) is 0. The summed E-state index contributed by atoms with van der Waals surface area (Å²) >= 11 is 6.32. The van der Waals surface area contributed by atoms with Gasteiger partial charge in [-0.15, -0.1) is 0 Å². The predicted molar refractivity (Wildman–Crippen MR) is 100 cm³/mol. The van der Waals surface area contributed by atoms with Crippen molar-refractivity contribution < 1.29 is 13.2 Å². The molecule has 1 atom stereocenters. The number of halogens is 1. The second-order valence-corrected chi connectivity index (χ2v) is 8.65. The first kappa shape index (κ1) is 18.8. The number of amides is 1. The highest BCUT2D eigenvalue weighted by atomic mass is 35.5. The van der Waals surface area contributed by atoms with Gasteiger partial charge in [0, 0.05) is 33.0 Å². The van der Waals surface area contributed by atoms with Gasteiger partial charge in [0.1, 0.15) is 10.9 Å². The van der Waals surface area contributed by atoms with Gasteiger partial charge >= 0.3 is 0 Å². The van der Waals surface area contributed by atoms with Gasteiger partial charge in [-0.1, -0.05) is 17.7 Å². The molecule has 0 spiro atoms. The van der Waals surface area contributed by atoms with Crippen molar-refractivity contribution in [1.29, 1.82) is 0 Å². The number of nitrogens with zero attached hydrogens (tertiary/aromatic N) is 3. The van der Waals surface area contributed by atoms with E-state index in [-0.39, 0.29) is 15.8 Å². The van der Waals surface area contributed by atoms with Gasteiger partial charge in [0.25, 0.3) is 0 Å². The van der Waals surface area contributed by atoms with E-state index in [4.69, 9.17) is 11.6 Å². The van der Waals surface area contributed by atoms with Crippen molar-refractivity contribution in [3.63, 3.8) is 0 Å². The molecule has 6 nitrogen and oxygen atoms in total. The van der Waals surface area contributed by atoms with Gasteiger partial charge < -0.3 is 4.90 Å². The average molecular weight is 394 g/mol. The zero-order valence-electron chi connectivity index (χ0n) is 14.6. The van der Waals surface area contributed by atoms with Gasteiger partial charge in [0.2, 0.25) is 15.9 Å². The Morgan fingerprint density at radius 1 is 1.19 bits per heavy atom. The fraction of sp³-hybridized carbons (Fsp3) is 0.333. The number of carbonyl (C=O) groups is 1. The zero-order valence-corrected chi connectivity index (χ0v) is 16.2. The third kappa shape index (κ3) is 3.47. The van der Waals surface area contributed by atoms with Gasteiger partial charge in [0.15, 0.2) is 0 Å². The molecule has 138 valence electrons. The number of likely N-dealkylation sites (N-methyl/N-ethyl adjacent to an activating group) is 1. The Hall–Kier alpha value is -1.96. The van der Waals surface area contributed by atoms with Crippen molar-refractivity contribution in [1.82, 2.24) is 14.2 Å². The number of sulfonamides is 1.